The van der Waals surface area contributed by atoms with Crippen LogP contribution in [-0.4, -0.2) is 15.0 Å². The van der Waals surface area contributed by atoms with E-state index in [4.69, 9.17) is 15.0 Å². The number of fused-ring (bicyclic) bond motifs is 4. The van der Waals surface area contributed by atoms with E-state index in [-0.39, 0.29) is 5.41 Å². The van der Waals surface area contributed by atoms with Crippen LogP contribution in [0.15, 0.2) is 73.1 Å². The molecule has 0 saturated heterocycles. The van der Waals surface area contributed by atoms with Gasteiger partial charge in [0.1, 0.15) is 6.33 Å². The zero-order valence-electron chi connectivity index (χ0n) is 21.4. The topological polar surface area (TPSA) is 38.7 Å². The molecule has 6 aromatic rings. The highest BCUT2D eigenvalue weighted by atomic mass is 32.1. The van der Waals surface area contributed by atoms with Crippen LogP contribution in [0.25, 0.3) is 53.6 Å². The quantitative estimate of drug-likeness (QED) is 0.250. The normalized spacial score (nSPS) is 12.1. The van der Waals surface area contributed by atoms with Crippen molar-refractivity contribution in [2.24, 2.45) is 5.41 Å². The second-order valence-corrected chi connectivity index (χ2v) is 12.0. The summed E-state index contributed by atoms with van der Waals surface area (Å²) >= 11 is 1.79. The van der Waals surface area contributed by atoms with Crippen molar-refractivity contribution < 1.29 is 0 Å². The lowest BCUT2D eigenvalue weighted by Crippen LogP contribution is -2.08. The van der Waals surface area contributed by atoms with Crippen molar-refractivity contribution in [1.82, 2.24) is 15.0 Å². The number of nitrogens with zero attached hydrogens (tertiary/aromatic N) is 3. The molecule has 36 heavy (non-hydrogen) atoms. The average molecular weight is 488 g/mol. The van der Waals surface area contributed by atoms with Crippen LogP contribution in [0.5, 0.6) is 0 Å². The Morgan fingerprint density at radius 1 is 0.833 bits per heavy atom. The number of pyridine rings is 1. The summed E-state index contributed by atoms with van der Waals surface area (Å²) in [5, 5.41) is 3.59. The Bertz CT molecular complexity index is 1750. The molecule has 4 heteroatoms. The van der Waals surface area contributed by atoms with Gasteiger partial charge in [-0.05, 0) is 77.9 Å². The number of rotatable bonds is 3. The molecule has 0 spiro atoms. The maximum Gasteiger partial charge on any atom is 0.116 e. The number of hydrogen-bond acceptors (Lipinski definition) is 4. The van der Waals surface area contributed by atoms with Crippen molar-refractivity contribution in [1.29, 1.82) is 0 Å². The molecule has 0 radical (unpaired) electrons. The van der Waals surface area contributed by atoms with E-state index in [2.05, 4.69) is 101 Å². The second kappa shape index (κ2) is 8.49. The summed E-state index contributed by atoms with van der Waals surface area (Å²) in [6.07, 6.45) is 2.75. The van der Waals surface area contributed by atoms with Crippen LogP contribution in [0, 0.1) is 19.3 Å². The first kappa shape index (κ1) is 22.8. The summed E-state index contributed by atoms with van der Waals surface area (Å²) in [5.41, 5.74) is 9.10. The Balaban J connectivity index is 1.58. The Morgan fingerprint density at radius 3 is 2.47 bits per heavy atom. The van der Waals surface area contributed by atoms with E-state index < -0.39 is 0 Å². The van der Waals surface area contributed by atoms with Gasteiger partial charge in [-0.1, -0.05) is 57.2 Å². The smallest absolute Gasteiger partial charge is 0.116 e. The predicted octanol–water partition coefficient (Wildman–Crippen LogP) is 8.93. The molecular weight excluding hydrogens is 458 g/mol. The third-order valence-electron chi connectivity index (χ3n) is 6.56. The van der Waals surface area contributed by atoms with Crippen molar-refractivity contribution in [3.05, 3.63) is 89.9 Å². The van der Waals surface area contributed by atoms with Crippen LogP contribution in [0.2, 0.25) is 0 Å². The summed E-state index contributed by atoms with van der Waals surface area (Å²) in [6.45, 7) is 11.0. The Morgan fingerprint density at radius 2 is 1.67 bits per heavy atom. The Labute approximate surface area is 215 Å². The highest BCUT2D eigenvalue weighted by Gasteiger charge is 2.17. The van der Waals surface area contributed by atoms with Gasteiger partial charge in [0.15, 0.2) is 0 Å². The molecule has 0 unspecified atom stereocenters. The van der Waals surface area contributed by atoms with Crippen molar-refractivity contribution >= 4 is 42.4 Å². The lowest BCUT2D eigenvalue weighted by atomic mass is 9.88. The first-order valence-corrected chi connectivity index (χ1v) is 13.2. The third kappa shape index (κ3) is 4.16. The van der Waals surface area contributed by atoms with Crippen LogP contribution in [-0.2, 0) is 6.42 Å². The van der Waals surface area contributed by atoms with Crippen molar-refractivity contribution in [3.8, 4) is 22.5 Å². The molecule has 0 bridgehead atoms. The highest BCUT2D eigenvalue weighted by Crippen LogP contribution is 2.41. The molecule has 6 rings (SSSR count). The molecule has 3 aromatic heterocycles. The van der Waals surface area contributed by atoms with Gasteiger partial charge in [0, 0.05) is 26.9 Å². The van der Waals surface area contributed by atoms with E-state index in [1.807, 2.05) is 0 Å². The highest BCUT2D eigenvalue weighted by molar-refractivity contribution is 7.26. The van der Waals surface area contributed by atoms with Gasteiger partial charge in [-0.2, -0.15) is 0 Å². The number of hydrogen-bond donors (Lipinski definition) is 0. The van der Waals surface area contributed by atoms with Crippen molar-refractivity contribution in [3.63, 3.8) is 0 Å². The van der Waals surface area contributed by atoms with E-state index in [0.29, 0.717) is 0 Å². The fraction of sp³-hybridized carbons (Fsp3) is 0.219. The van der Waals surface area contributed by atoms with E-state index in [9.17, 15) is 0 Å². The minimum absolute atomic E-state index is 0.249. The van der Waals surface area contributed by atoms with E-state index in [1.54, 1.807) is 17.7 Å². The fourth-order valence-electron chi connectivity index (χ4n) is 5.19. The van der Waals surface area contributed by atoms with Crippen LogP contribution in [0.4, 0.5) is 0 Å². The lowest BCUT2D eigenvalue weighted by molar-refractivity contribution is 0.411. The largest absolute Gasteiger partial charge is 0.253 e. The molecule has 178 valence electrons. The monoisotopic (exact) mass is 487 g/mol. The maximum absolute atomic E-state index is 4.89. The summed E-state index contributed by atoms with van der Waals surface area (Å²) in [7, 11) is 0. The molecule has 0 N–H and O–H groups in total. The minimum atomic E-state index is 0.249. The van der Waals surface area contributed by atoms with Gasteiger partial charge in [-0.15, -0.1) is 11.3 Å². The second-order valence-electron chi connectivity index (χ2n) is 11.0. The summed E-state index contributed by atoms with van der Waals surface area (Å²) in [4.78, 5) is 14.4. The summed E-state index contributed by atoms with van der Waals surface area (Å²) in [5.74, 6) is 0. The molecule has 0 fully saturated rings. The summed E-state index contributed by atoms with van der Waals surface area (Å²) in [6, 6.07) is 24.2. The minimum Gasteiger partial charge on any atom is -0.253 e. The predicted molar refractivity (Wildman–Crippen MR) is 154 cm³/mol. The standard InChI is InChI=1S/C32H29N3S/c1-19-12-20(2)35-27(13-19)26-16-23(15-22-8-6-7-9-24(22)26)29-31-30(34-18-33-29)25-11-10-21(14-28(25)36-31)17-32(3,4)5/h6-16,18H,17H2,1-5H3. The lowest BCUT2D eigenvalue weighted by Gasteiger charge is -2.17. The molecule has 3 nitrogen and oxygen atoms in total. The van der Waals surface area contributed by atoms with Gasteiger partial charge in [-0.3, -0.25) is 4.98 Å². The molecule has 3 heterocycles. The number of thiophene rings is 1. The zero-order chi connectivity index (χ0) is 25.0. The molecule has 0 saturated carbocycles. The number of aromatic nitrogens is 3. The fourth-order valence-corrected chi connectivity index (χ4v) is 6.42. The molecule has 0 atom stereocenters. The molecule has 0 aliphatic carbocycles. The van der Waals surface area contributed by atoms with Gasteiger partial charge < -0.3 is 0 Å². The molecular formula is C32H29N3S. The van der Waals surface area contributed by atoms with E-state index in [0.717, 1.165) is 44.8 Å². The number of benzene rings is 3. The molecule has 0 aliphatic heterocycles. The van der Waals surface area contributed by atoms with Crippen molar-refractivity contribution in [2.75, 3.05) is 0 Å². The van der Waals surface area contributed by atoms with Crippen molar-refractivity contribution in [2.45, 2.75) is 41.0 Å². The van der Waals surface area contributed by atoms with Gasteiger partial charge in [0.2, 0.25) is 0 Å². The molecule has 3 aromatic carbocycles. The van der Waals surface area contributed by atoms with Crippen LogP contribution >= 0.6 is 11.3 Å². The number of aryl methyl sites for hydroxylation is 2. The van der Waals surface area contributed by atoms with Gasteiger partial charge in [0.05, 0.1) is 21.6 Å². The summed E-state index contributed by atoms with van der Waals surface area (Å²) < 4.78 is 2.40. The first-order valence-electron chi connectivity index (χ1n) is 12.4. The maximum atomic E-state index is 4.89. The zero-order valence-corrected chi connectivity index (χ0v) is 22.2. The van der Waals surface area contributed by atoms with Crippen LogP contribution < -0.4 is 0 Å². The Hall–Kier alpha value is -3.63. The van der Waals surface area contributed by atoms with E-state index in [1.165, 1.54) is 32.0 Å². The molecule has 0 amide bonds. The van der Waals surface area contributed by atoms with Crippen LogP contribution in [0.1, 0.15) is 37.6 Å². The Kier molecular flexibility index (Phi) is 5.38. The van der Waals surface area contributed by atoms with Crippen LogP contribution in [0.3, 0.4) is 0 Å². The first-order chi connectivity index (χ1) is 17.2. The van der Waals surface area contributed by atoms with Gasteiger partial charge in [-0.25, -0.2) is 9.97 Å². The van der Waals surface area contributed by atoms with Gasteiger partial charge >= 0.3 is 0 Å². The molecule has 0 aliphatic rings. The third-order valence-corrected chi connectivity index (χ3v) is 7.71. The van der Waals surface area contributed by atoms with Gasteiger partial charge in [0.25, 0.3) is 0 Å². The average Bonchev–Trinajstić information content (AvgIpc) is 3.19. The SMILES string of the molecule is Cc1cc(C)nc(-c2cc(-c3ncnc4c3sc3cc(CC(C)(C)C)ccc34)cc3ccccc23)c1. The van der Waals surface area contributed by atoms with E-state index >= 15 is 0 Å².